The van der Waals surface area contributed by atoms with Gasteiger partial charge in [0.2, 0.25) is 0 Å². The average Bonchev–Trinajstić information content (AvgIpc) is 2.64. The van der Waals surface area contributed by atoms with Gasteiger partial charge in [-0.15, -0.1) is 0 Å². The molecule has 0 bridgehead atoms. The highest BCUT2D eigenvalue weighted by Gasteiger charge is 2.34. The van der Waals surface area contributed by atoms with Gasteiger partial charge in [0.1, 0.15) is 5.69 Å². The zero-order valence-corrected chi connectivity index (χ0v) is 15.3. The van der Waals surface area contributed by atoms with E-state index in [1.807, 2.05) is 0 Å². The van der Waals surface area contributed by atoms with E-state index in [4.69, 9.17) is 11.6 Å². The van der Waals surface area contributed by atoms with Crippen molar-refractivity contribution in [1.29, 1.82) is 0 Å². The van der Waals surface area contributed by atoms with Crippen LogP contribution in [0, 0.1) is 15.3 Å². The molecule has 28 heavy (non-hydrogen) atoms. The fourth-order valence-corrected chi connectivity index (χ4v) is 3.23. The first-order valence-electron chi connectivity index (χ1n) is 8.35. The fraction of sp³-hybridized carbons (Fsp3) is 0.353. The second kappa shape index (κ2) is 7.80. The van der Waals surface area contributed by atoms with Gasteiger partial charge in [0, 0.05) is 50.4 Å². The Morgan fingerprint density at radius 3 is 2.39 bits per heavy atom. The first kappa shape index (κ1) is 20.2. The maximum atomic E-state index is 12.8. The molecule has 3 rings (SSSR count). The van der Waals surface area contributed by atoms with Crippen molar-refractivity contribution in [1.82, 2.24) is 4.90 Å². The number of benzene rings is 1. The molecule has 1 aliphatic heterocycles. The molecule has 1 aromatic carbocycles. The fourth-order valence-electron chi connectivity index (χ4n) is 3.12. The van der Waals surface area contributed by atoms with Crippen molar-refractivity contribution in [2.24, 2.45) is 0 Å². The van der Waals surface area contributed by atoms with E-state index in [9.17, 15) is 28.5 Å². The molecule has 0 amide bonds. The third-order valence-electron chi connectivity index (χ3n) is 4.55. The van der Waals surface area contributed by atoms with Crippen molar-refractivity contribution in [3.8, 4) is 0 Å². The summed E-state index contributed by atoms with van der Waals surface area (Å²) in [6.07, 6.45) is -3.26. The summed E-state index contributed by atoms with van der Waals surface area (Å²) in [5.74, 6) is 0. The summed E-state index contributed by atoms with van der Waals surface area (Å²) in [6.45, 7) is 2.41. The molecule has 0 aliphatic carbocycles. The Kier molecular flexibility index (Phi) is 5.61. The summed E-state index contributed by atoms with van der Waals surface area (Å²) < 4.78 is 39.1. The lowest BCUT2D eigenvalue weighted by Gasteiger charge is -2.35. The molecule has 1 saturated heterocycles. The molecule has 150 valence electrons. The SMILES string of the molecule is O=[N+]([O-])c1cc(C(F)(F)F)ccc1N1CCN(Cc2ccc(Cl)[n+]([O-])c2)CC1. The van der Waals surface area contributed by atoms with Crippen LogP contribution in [0.15, 0.2) is 36.5 Å². The second-order valence-electron chi connectivity index (χ2n) is 6.41. The zero-order valence-electron chi connectivity index (χ0n) is 14.5. The first-order valence-corrected chi connectivity index (χ1v) is 8.73. The number of nitro groups is 1. The Balaban J connectivity index is 1.70. The van der Waals surface area contributed by atoms with Crippen LogP contribution in [0.5, 0.6) is 0 Å². The lowest BCUT2D eigenvalue weighted by Crippen LogP contribution is -2.46. The number of pyridine rings is 1. The average molecular weight is 417 g/mol. The first-order chi connectivity index (χ1) is 13.1. The van der Waals surface area contributed by atoms with E-state index < -0.39 is 22.4 Å². The van der Waals surface area contributed by atoms with Crippen molar-refractivity contribution in [3.05, 3.63) is 68.1 Å². The van der Waals surface area contributed by atoms with E-state index in [0.29, 0.717) is 43.5 Å². The number of aromatic nitrogens is 1. The molecule has 1 aliphatic rings. The molecule has 0 unspecified atom stereocenters. The van der Waals surface area contributed by atoms with E-state index in [1.165, 1.54) is 12.3 Å². The van der Waals surface area contributed by atoms with Gasteiger partial charge in [-0.2, -0.15) is 17.9 Å². The molecule has 0 N–H and O–H groups in total. The van der Waals surface area contributed by atoms with Crippen LogP contribution in [-0.2, 0) is 12.7 Å². The van der Waals surface area contributed by atoms with E-state index >= 15 is 0 Å². The number of anilines is 1. The maximum Gasteiger partial charge on any atom is 0.416 e. The maximum absolute atomic E-state index is 12.8. The predicted molar refractivity (Wildman–Crippen MR) is 96.0 cm³/mol. The monoisotopic (exact) mass is 416 g/mol. The largest absolute Gasteiger partial charge is 0.618 e. The van der Waals surface area contributed by atoms with E-state index in [2.05, 4.69) is 4.90 Å². The quantitative estimate of drug-likeness (QED) is 0.251. The van der Waals surface area contributed by atoms with Gasteiger partial charge in [0.25, 0.3) is 10.8 Å². The molecule has 0 radical (unpaired) electrons. The Labute approximate surface area is 163 Å². The second-order valence-corrected chi connectivity index (χ2v) is 6.79. The molecule has 1 fully saturated rings. The lowest BCUT2D eigenvalue weighted by molar-refractivity contribution is -0.603. The molecule has 0 saturated carbocycles. The van der Waals surface area contributed by atoms with Crippen LogP contribution in [0.25, 0.3) is 0 Å². The van der Waals surface area contributed by atoms with Crippen LogP contribution in [0.4, 0.5) is 24.5 Å². The van der Waals surface area contributed by atoms with Crippen LogP contribution in [-0.4, -0.2) is 36.0 Å². The molecule has 7 nitrogen and oxygen atoms in total. The number of nitrogens with zero attached hydrogens (tertiary/aromatic N) is 4. The highest BCUT2D eigenvalue weighted by molar-refractivity contribution is 6.28. The summed E-state index contributed by atoms with van der Waals surface area (Å²) in [4.78, 5) is 14.2. The minimum atomic E-state index is -4.64. The van der Waals surface area contributed by atoms with Crippen molar-refractivity contribution in [2.45, 2.75) is 12.7 Å². The van der Waals surface area contributed by atoms with Crippen LogP contribution in [0.2, 0.25) is 5.15 Å². The van der Waals surface area contributed by atoms with Gasteiger partial charge >= 0.3 is 6.18 Å². The highest BCUT2D eigenvalue weighted by atomic mass is 35.5. The highest BCUT2D eigenvalue weighted by Crippen LogP contribution is 2.36. The van der Waals surface area contributed by atoms with Crippen molar-refractivity contribution in [3.63, 3.8) is 0 Å². The number of piperazine rings is 1. The number of nitro benzene ring substituents is 1. The van der Waals surface area contributed by atoms with Gasteiger partial charge in [0.05, 0.1) is 10.5 Å². The Morgan fingerprint density at radius 1 is 1.14 bits per heavy atom. The predicted octanol–water partition coefficient (Wildman–Crippen LogP) is 3.22. The van der Waals surface area contributed by atoms with Crippen LogP contribution < -0.4 is 9.63 Å². The summed E-state index contributed by atoms with van der Waals surface area (Å²) in [5.41, 5.74) is -0.668. The summed E-state index contributed by atoms with van der Waals surface area (Å²) in [7, 11) is 0. The van der Waals surface area contributed by atoms with Crippen LogP contribution in [0.3, 0.4) is 0 Å². The smallest absolute Gasteiger partial charge is 0.416 e. The minimum Gasteiger partial charge on any atom is -0.618 e. The standard InChI is InChI=1S/C17H16ClF3N4O3/c18-16-4-1-12(11-24(16)26)10-22-5-7-23(8-6-22)14-3-2-13(17(19,20)21)9-15(14)25(27)28/h1-4,9,11H,5-8,10H2. The molecule has 0 atom stereocenters. The van der Waals surface area contributed by atoms with Gasteiger partial charge in [-0.1, -0.05) is 0 Å². The Hall–Kier alpha value is -2.59. The number of rotatable bonds is 4. The van der Waals surface area contributed by atoms with Crippen molar-refractivity contribution < 1.29 is 22.8 Å². The number of hydrogen-bond acceptors (Lipinski definition) is 5. The molecule has 0 spiro atoms. The Morgan fingerprint density at radius 2 is 1.82 bits per heavy atom. The molecular formula is C17H16ClF3N4O3. The van der Waals surface area contributed by atoms with Gasteiger partial charge in [-0.05, 0) is 29.8 Å². The molecule has 2 aromatic rings. The van der Waals surface area contributed by atoms with E-state index in [0.717, 1.165) is 17.7 Å². The third-order valence-corrected chi connectivity index (χ3v) is 4.84. The minimum absolute atomic E-state index is 0.0724. The van der Waals surface area contributed by atoms with Gasteiger partial charge in [-0.3, -0.25) is 15.0 Å². The van der Waals surface area contributed by atoms with Gasteiger partial charge < -0.3 is 10.1 Å². The van der Waals surface area contributed by atoms with Crippen molar-refractivity contribution >= 4 is 23.0 Å². The number of halogens is 4. The van der Waals surface area contributed by atoms with Crippen molar-refractivity contribution in [2.75, 3.05) is 31.1 Å². The lowest BCUT2D eigenvalue weighted by atomic mass is 10.1. The molecule has 1 aromatic heterocycles. The summed E-state index contributed by atoms with van der Waals surface area (Å²) in [5, 5.41) is 22.9. The molecule has 11 heteroatoms. The number of hydrogen-bond donors (Lipinski definition) is 0. The zero-order chi connectivity index (χ0) is 20.5. The van der Waals surface area contributed by atoms with Gasteiger partial charge in [-0.25, -0.2) is 0 Å². The number of alkyl halides is 3. The van der Waals surface area contributed by atoms with E-state index in [1.54, 1.807) is 11.0 Å². The Bertz CT molecular complexity index is 886. The summed E-state index contributed by atoms with van der Waals surface area (Å²) in [6, 6.07) is 5.82. The van der Waals surface area contributed by atoms with E-state index in [-0.39, 0.29) is 10.8 Å². The van der Waals surface area contributed by atoms with Crippen LogP contribution >= 0.6 is 11.6 Å². The normalized spacial score (nSPS) is 15.6. The topological polar surface area (TPSA) is 76.6 Å². The van der Waals surface area contributed by atoms with Gasteiger partial charge in [0.15, 0.2) is 6.20 Å². The molecule has 2 heterocycles. The molecular weight excluding hydrogens is 401 g/mol. The summed E-state index contributed by atoms with van der Waals surface area (Å²) >= 11 is 5.69. The van der Waals surface area contributed by atoms with Crippen LogP contribution in [0.1, 0.15) is 11.1 Å². The third kappa shape index (κ3) is 4.45.